The molecule has 1 unspecified atom stereocenters. The Kier molecular flexibility index (Phi) is 6.57. The SMILES string of the molecule is CC(Nc1ccc2c(c1)N(CC(F)F)C(=O)CS2)c1cccc(CN(C)C)c1. The van der Waals surface area contributed by atoms with Gasteiger partial charge in [0.15, 0.2) is 0 Å². The van der Waals surface area contributed by atoms with Gasteiger partial charge in [-0.05, 0) is 50.3 Å². The van der Waals surface area contributed by atoms with Gasteiger partial charge in [0.25, 0.3) is 6.43 Å². The molecule has 0 saturated carbocycles. The van der Waals surface area contributed by atoms with Gasteiger partial charge in [-0.1, -0.05) is 24.3 Å². The molecule has 1 atom stereocenters. The zero-order chi connectivity index (χ0) is 20.3. The number of fused-ring (bicyclic) bond motifs is 1. The summed E-state index contributed by atoms with van der Waals surface area (Å²) < 4.78 is 25.9. The predicted octanol–water partition coefficient (Wildman–Crippen LogP) is 4.63. The van der Waals surface area contributed by atoms with Crippen LogP contribution in [0.3, 0.4) is 0 Å². The van der Waals surface area contributed by atoms with E-state index in [9.17, 15) is 13.6 Å². The Morgan fingerprint density at radius 3 is 2.71 bits per heavy atom. The van der Waals surface area contributed by atoms with Crippen molar-refractivity contribution in [2.75, 3.05) is 36.6 Å². The third-order valence-electron chi connectivity index (χ3n) is 4.56. The number of rotatable bonds is 7. The molecule has 0 aromatic heterocycles. The van der Waals surface area contributed by atoms with E-state index in [0.29, 0.717) is 5.69 Å². The van der Waals surface area contributed by atoms with Crippen molar-refractivity contribution in [3.05, 3.63) is 53.6 Å². The summed E-state index contributed by atoms with van der Waals surface area (Å²) >= 11 is 1.39. The molecule has 4 nitrogen and oxygen atoms in total. The maximum Gasteiger partial charge on any atom is 0.256 e. The number of amides is 1. The first-order valence-electron chi connectivity index (χ1n) is 9.19. The van der Waals surface area contributed by atoms with E-state index in [1.807, 2.05) is 32.3 Å². The lowest BCUT2D eigenvalue weighted by atomic mass is 10.0. The zero-order valence-corrected chi connectivity index (χ0v) is 17.1. The Labute approximate surface area is 168 Å². The monoisotopic (exact) mass is 405 g/mol. The second-order valence-electron chi connectivity index (χ2n) is 7.22. The van der Waals surface area contributed by atoms with Crippen molar-refractivity contribution in [3.63, 3.8) is 0 Å². The van der Waals surface area contributed by atoms with Crippen LogP contribution < -0.4 is 10.2 Å². The second kappa shape index (κ2) is 8.92. The quantitative estimate of drug-likeness (QED) is 0.729. The van der Waals surface area contributed by atoms with Crippen LogP contribution in [-0.2, 0) is 11.3 Å². The number of alkyl halides is 2. The van der Waals surface area contributed by atoms with Crippen molar-refractivity contribution in [2.45, 2.75) is 30.8 Å². The van der Waals surface area contributed by atoms with E-state index in [1.165, 1.54) is 22.2 Å². The minimum Gasteiger partial charge on any atom is -0.378 e. The van der Waals surface area contributed by atoms with Crippen molar-refractivity contribution in [3.8, 4) is 0 Å². The Morgan fingerprint density at radius 2 is 2.00 bits per heavy atom. The molecule has 0 aliphatic carbocycles. The first-order chi connectivity index (χ1) is 13.3. The number of hydrogen-bond donors (Lipinski definition) is 1. The van der Waals surface area contributed by atoms with Crippen LogP contribution in [0.5, 0.6) is 0 Å². The molecule has 28 heavy (non-hydrogen) atoms. The van der Waals surface area contributed by atoms with Crippen molar-refractivity contribution >= 4 is 29.0 Å². The van der Waals surface area contributed by atoms with Crippen molar-refractivity contribution in [1.29, 1.82) is 0 Å². The van der Waals surface area contributed by atoms with Gasteiger partial charge in [-0.25, -0.2) is 8.78 Å². The Morgan fingerprint density at radius 1 is 1.21 bits per heavy atom. The van der Waals surface area contributed by atoms with E-state index >= 15 is 0 Å². The van der Waals surface area contributed by atoms with Crippen molar-refractivity contribution in [1.82, 2.24) is 4.90 Å². The minimum absolute atomic E-state index is 0.0376. The van der Waals surface area contributed by atoms with Crippen molar-refractivity contribution < 1.29 is 13.6 Å². The number of carbonyl (C=O) groups excluding carboxylic acids is 1. The van der Waals surface area contributed by atoms with Gasteiger partial charge in [0, 0.05) is 23.2 Å². The van der Waals surface area contributed by atoms with Crippen LogP contribution in [0, 0.1) is 0 Å². The van der Waals surface area contributed by atoms with E-state index in [2.05, 4.69) is 35.3 Å². The molecule has 0 radical (unpaired) electrons. The van der Waals surface area contributed by atoms with Crippen LogP contribution in [0.1, 0.15) is 24.1 Å². The summed E-state index contributed by atoms with van der Waals surface area (Å²) in [5.74, 6) is -0.0823. The van der Waals surface area contributed by atoms with Gasteiger partial charge in [-0.2, -0.15) is 0 Å². The molecule has 2 aromatic carbocycles. The fraction of sp³-hybridized carbons (Fsp3) is 0.381. The zero-order valence-electron chi connectivity index (χ0n) is 16.3. The molecule has 3 rings (SSSR count). The number of nitrogens with one attached hydrogen (secondary N) is 1. The third-order valence-corrected chi connectivity index (χ3v) is 5.60. The second-order valence-corrected chi connectivity index (χ2v) is 8.23. The number of nitrogens with zero attached hydrogens (tertiary/aromatic N) is 2. The Balaban J connectivity index is 1.80. The lowest BCUT2D eigenvalue weighted by Crippen LogP contribution is -2.38. The molecule has 0 saturated heterocycles. The van der Waals surface area contributed by atoms with Gasteiger partial charge in [0.1, 0.15) is 0 Å². The fourth-order valence-corrected chi connectivity index (χ4v) is 4.21. The van der Waals surface area contributed by atoms with Gasteiger partial charge >= 0.3 is 0 Å². The first-order valence-corrected chi connectivity index (χ1v) is 10.2. The van der Waals surface area contributed by atoms with Crippen molar-refractivity contribution in [2.24, 2.45) is 0 Å². The van der Waals surface area contributed by atoms with E-state index in [0.717, 1.165) is 22.7 Å². The molecule has 1 aliphatic rings. The van der Waals surface area contributed by atoms with E-state index in [4.69, 9.17) is 0 Å². The molecular weight excluding hydrogens is 380 g/mol. The molecule has 150 valence electrons. The number of halogens is 2. The largest absolute Gasteiger partial charge is 0.378 e. The van der Waals surface area contributed by atoms with Crippen LogP contribution in [0.2, 0.25) is 0 Å². The average molecular weight is 406 g/mol. The van der Waals surface area contributed by atoms with Gasteiger partial charge in [-0.15, -0.1) is 11.8 Å². The number of benzene rings is 2. The molecule has 0 spiro atoms. The van der Waals surface area contributed by atoms with Crippen LogP contribution in [-0.4, -0.2) is 43.6 Å². The molecule has 1 amide bonds. The van der Waals surface area contributed by atoms with Crippen LogP contribution in [0.4, 0.5) is 20.2 Å². The fourth-order valence-electron chi connectivity index (χ4n) is 3.29. The average Bonchev–Trinajstić information content (AvgIpc) is 2.63. The molecule has 0 fully saturated rings. The predicted molar refractivity (Wildman–Crippen MR) is 111 cm³/mol. The standard InChI is InChI=1S/C21H25F2N3OS/c1-14(16-6-4-5-15(9-16)11-25(2)3)24-17-7-8-19-18(10-17)26(12-20(22)23)21(27)13-28-19/h4-10,14,20,24H,11-13H2,1-3H3. The molecule has 2 aromatic rings. The lowest BCUT2D eigenvalue weighted by molar-refractivity contribution is -0.116. The highest BCUT2D eigenvalue weighted by atomic mass is 32.2. The first kappa shape index (κ1) is 20.6. The van der Waals surface area contributed by atoms with Gasteiger partial charge < -0.3 is 15.1 Å². The summed E-state index contributed by atoms with van der Waals surface area (Å²) in [5.41, 5.74) is 3.73. The smallest absolute Gasteiger partial charge is 0.256 e. The summed E-state index contributed by atoms with van der Waals surface area (Å²) in [7, 11) is 4.07. The summed E-state index contributed by atoms with van der Waals surface area (Å²) in [6.07, 6.45) is -2.56. The van der Waals surface area contributed by atoms with Gasteiger partial charge in [-0.3, -0.25) is 4.79 Å². The van der Waals surface area contributed by atoms with E-state index < -0.39 is 13.0 Å². The summed E-state index contributed by atoms with van der Waals surface area (Å²) in [6, 6.07) is 14.0. The summed E-state index contributed by atoms with van der Waals surface area (Å²) in [6.45, 7) is 2.35. The molecule has 1 aliphatic heterocycles. The molecule has 1 heterocycles. The van der Waals surface area contributed by atoms with E-state index in [-0.39, 0.29) is 17.7 Å². The van der Waals surface area contributed by atoms with Crippen LogP contribution in [0.15, 0.2) is 47.4 Å². The van der Waals surface area contributed by atoms with Crippen LogP contribution >= 0.6 is 11.8 Å². The molecule has 0 bridgehead atoms. The Bertz CT molecular complexity index is 844. The number of thioether (sulfide) groups is 1. The Hall–Kier alpha value is -2.12. The topological polar surface area (TPSA) is 35.6 Å². The molecule has 1 N–H and O–H groups in total. The number of anilines is 2. The highest BCUT2D eigenvalue weighted by Crippen LogP contribution is 2.38. The normalized spacial score (nSPS) is 15.1. The molecule has 7 heteroatoms. The highest BCUT2D eigenvalue weighted by Gasteiger charge is 2.27. The lowest BCUT2D eigenvalue weighted by Gasteiger charge is -2.29. The maximum atomic E-state index is 12.9. The highest BCUT2D eigenvalue weighted by molar-refractivity contribution is 8.00. The number of hydrogen-bond acceptors (Lipinski definition) is 4. The van der Waals surface area contributed by atoms with Gasteiger partial charge in [0.05, 0.1) is 18.0 Å². The molecular formula is C21H25F2N3OS. The summed E-state index contributed by atoms with van der Waals surface area (Å²) in [5, 5.41) is 3.43. The van der Waals surface area contributed by atoms with Gasteiger partial charge in [0.2, 0.25) is 5.91 Å². The number of carbonyl (C=O) groups is 1. The van der Waals surface area contributed by atoms with E-state index in [1.54, 1.807) is 6.07 Å². The third kappa shape index (κ3) is 5.02. The van der Waals surface area contributed by atoms with Crippen LogP contribution in [0.25, 0.3) is 0 Å². The minimum atomic E-state index is -2.56. The maximum absolute atomic E-state index is 12.9. The summed E-state index contributed by atoms with van der Waals surface area (Å²) in [4.78, 5) is 16.3.